The van der Waals surface area contributed by atoms with Gasteiger partial charge in [-0.25, -0.2) is 8.42 Å². The van der Waals surface area contributed by atoms with Crippen LogP contribution in [0.1, 0.15) is 83.9 Å². The van der Waals surface area contributed by atoms with E-state index in [1.54, 1.807) is 18.2 Å². The molecule has 3 atom stereocenters. The van der Waals surface area contributed by atoms with Crippen molar-refractivity contribution < 1.29 is 53.9 Å². The van der Waals surface area contributed by atoms with Gasteiger partial charge in [0.05, 0.1) is 17.9 Å². The molecule has 0 bridgehead atoms. The van der Waals surface area contributed by atoms with Crippen LogP contribution in [0, 0.1) is 0 Å². The number of hydrogen-bond acceptors (Lipinski definition) is 8. The summed E-state index contributed by atoms with van der Waals surface area (Å²) in [5.41, 5.74) is -2.91. The lowest BCUT2D eigenvalue weighted by Crippen LogP contribution is -2.69. The van der Waals surface area contributed by atoms with Crippen molar-refractivity contribution in [3.05, 3.63) is 80.3 Å². The van der Waals surface area contributed by atoms with Crippen LogP contribution in [0.15, 0.2) is 48.0 Å². The Morgan fingerprint density at radius 1 is 1.06 bits per heavy atom. The minimum Gasteiger partial charge on any atom is -0.474 e. The number of sulfonamides is 1. The number of pyridine rings is 1. The number of aromatic nitrogens is 1. The van der Waals surface area contributed by atoms with Crippen molar-refractivity contribution in [1.82, 2.24) is 19.5 Å². The summed E-state index contributed by atoms with van der Waals surface area (Å²) < 4.78 is 116. The van der Waals surface area contributed by atoms with Crippen molar-refractivity contribution in [3.8, 4) is 5.75 Å². The van der Waals surface area contributed by atoms with Gasteiger partial charge in [0.1, 0.15) is 16.3 Å². The van der Waals surface area contributed by atoms with E-state index < -0.39 is 73.9 Å². The maximum Gasteiger partial charge on any atom is 0.425 e. The highest BCUT2D eigenvalue weighted by Crippen LogP contribution is 2.44. The van der Waals surface area contributed by atoms with Gasteiger partial charge in [-0.2, -0.15) is 26.3 Å². The zero-order valence-corrected chi connectivity index (χ0v) is 31.5. The number of benzene rings is 1. The highest BCUT2D eigenvalue weighted by Gasteiger charge is 2.57. The molecule has 3 amide bonds. The molecule has 19 heteroatoms. The molecule has 10 nitrogen and oxygen atoms in total. The highest BCUT2D eigenvalue weighted by molar-refractivity contribution is 7.89. The molecular weight excluding hydrogens is 786 g/mol. The fraction of sp³-hybridized carbons (Fsp3) is 0.486. The first kappa shape index (κ1) is 41.3. The van der Waals surface area contributed by atoms with Crippen LogP contribution in [0.5, 0.6) is 5.75 Å². The van der Waals surface area contributed by atoms with Crippen molar-refractivity contribution in [2.45, 2.75) is 94.9 Å². The lowest BCUT2D eigenvalue weighted by atomic mass is 9.78. The summed E-state index contributed by atoms with van der Waals surface area (Å²) >= 11 is 6.60. The zero-order chi connectivity index (χ0) is 39.6. The second kappa shape index (κ2) is 16.1. The summed E-state index contributed by atoms with van der Waals surface area (Å²) in [5, 5.41) is 1.48. The minimum atomic E-state index is -4.96. The number of likely N-dealkylation sites (tertiary alicyclic amines) is 1. The van der Waals surface area contributed by atoms with E-state index in [2.05, 4.69) is 4.98 Å². The fourth-order valence-electron chi connectivity index (χ4n) is 7.11. The Morgan fingerprint density at radius 3 is 2.44 bits per heavy atom. The number of carbonyl (C=O) groups excluding carboxylic acids is 3. The summed E-state index contributed by atoms with van der Waals surface area (Å²) in [5.74, 6) is -3.04. The molecule has 0 radical (unpaired) electrons. The summed E-state index contributed by atoms with van der Waals surface area (Å²) in [7, 11) is -3.91. The van der Waals surface area contributed by atoms with E-state index in [1.165, 1.54) is 4.90 Å². The van der Waals surface area contributed by atoms with Crippen LogP contribution >= 0.6 is 22.9 Å². The molecule has 0 aliphatic carbocycles. The topological polar surface area (TPSA) is 126 Å². The van der Waals surface area contributed by atoms with Gasteiger partial charge in [0.15, 0.2) is 0 Å². The molecule has 3 aromatic rings. The number of nitrogens with zero attached hydrogens (tertiary/aromatic N) is 3. The van der Waals surface area contributed by atoms with Gasteiger partial charge in [-0.15, -0.1) is 11.3 Å². The molecule has 0 saturated carbocycles. The van der Waals surface area contributed by atoms with Gasteiger partial charge in [0.25, 0.3) is 11.8 Å². The quantitative estimate of drug-likeness (QED) is 0.202. The molecular formula is C35H37ClF6N4O6S2. The van der Waals surface area contributed by atoms with Gasteiger partial charge in [-0.3, -0.25) is 24.1 Å². The van der Waals surface area contributed by atoms with Gasteiger partial charge >= 0.3 is 12.4 Å². The molecule has 1 saturated heterocycles. The van der Waals surface area contributed by atoms with Gasteiger partial charge in [-0.05, 0) is 61.1 Å². The number of amides is 3. The summed E-state index contributed by atoms with van der Waals surface area (Å²) in [4.78, 5) is 47.5. The first-order valence-electron chi connectivity index (χ1n) is 17.0. The van der Waals surface area contributed by atoms with E-state index in [9.17, 15) is 44.3 Å². The maximum absolute atomic E-state index is 15.4. The first-order chi connectivity index (χ1) is 25.2. The Labute approximate surface area is 316 Å². The molecule has 1 fully saturated rings. The number of halogens is 7. The number of thiophene rings is 1. The van der Waals surface area contributed by atoms with Crippen LogP contribution in [0.2, 0.25) is 5.02 Å². The number of rotatable bonds is 11. The molecule has 5 rings (SSSR count). The third-order valence-electron chi connectivity index (χ3n) is 9.46. The Morgan fingerprint density at radius 2 is 1.80 bits per heavy atom. The number of fused-ring (bicyclic) bond motifs is 1. The minimum absolute atomic E-state index is 0.0199. The van der Waals surface area contributed by atoms with Crippen molar-refractivity contribution in [2.24, 2.45) is 0 Å². The molecule has 2 aliphatic heterocycles. The van der Waals surface area contributed by atoms with Crippen LogP contribution in [0.4, 0.5) is 26.3 Å². The SMILES string of the molecule is CCCC[C@H]1N(C(=O)c2ncccc2C(F)(F)F)CCC[C@@]1(Oc1csc(C(F)(F)F)c1)C(=O)N1Cc2ccc(Cl)cc2C[C@@H]1CCC(=O)NS(C)(=O)=O. The van der Waals surface area contributed by atoms with Crippen molar-refractivity contribution in [1.29, 1.82) is 0 Å². The number of piperidine rings is 1. The average Bonchev–Trinajstić information content (AvgIpc) is 3.57. The Balaban J connectivity index is 1.64. The molecule has 0 spiro atoms. The third-order valence-corrected chi connectivity index (χ3v) is 11.2. The fourth-order valence-corrected chi connectivity index (χ4v) is 8.50. The Hall–Kier alpha value is -3.90. The zero-order valence-electron chi connectivity index (χ0n) is 29.1. The lowest BCUT2D eigenvalue weighted by molar-refractivity contribution is -0.163. The molecule has 2 aromatic heterocycles. The number of alkyl halides is 6. The number of nitrogens with one attached hydrogen (secondary N) is 1. The second-order valence-corrected chi connectivity index (χ2v) is 16.4. The smallest absolute Gasteiger partial charge is 0.425 e. The van der Waals surface area contributed by atoms with E-state index in [0.717, 1.165) is 40.4 Å². The predicted octanol–water partition coefficient (Wildman–Crippen LogP) is 7.26. The Bertz CT molecular complexity index is 1990. The largest absolute Gasteiger partial charge is 0.474 e. The summed E-state index contributed by atoms with van der Waals surface area (Å²) in [6.07, 6.45) is -7.31. The van der Waals surface area contributed by atoms with Gasteiger partial charge in [-0.1, -0.05) is 37.4 Å². The average molecular weight is 823 g/mol. The van der Waals surface area contributed by atoms with Crippen LogP contribution < -0.4 is 9.46 Å². The molecule has 0 unspecified atom stereocenters. The third kappa shape index (κ3) is 9.30. The van der Waals surface area contributed by atoms with Crippen molar-refractivity contribution in [2.75, 3.05) is 12.8 Å². The second-order valence-electron chi connectivity index (χ2n) is 13.3. The molecule has 4 heterocycles. The highest BCUT2D eigenvalue weighted by atomic mass is 35.5. The van der Waals surface area contributed by atoms with Crippen LogP contribution in [-0.2, 0) is 44.9 Å². The number of ether oxygens (including phenoxy) is 1. The molecule has 2 aliphatic rings. The molecule has 1 aromatic carbocycles. The Kier molecular flexibility index (Phi) is 12.3. The van der Waals surface area contributed by atoms with E-state index in [-0.39, 0.29) is 57.4 Å². The molecule has 1 N–H and O–H groups in total. The van der Waals surface area contributed by atoms with Crippen molar-refractivity contribution >= 4 is 50.7 Å². The number of carbonyl (C=O) groups is 3. The van der Waals surface area contributed by atoms with Gasteiger partial charge in [0, 0.05) is 54.6 Å². The van der Waals surface area contributed by atoms with Crippen LogP contribution in [0.3, 0.4) is 0 Å². The van der Waals surface area contributed by atoms with E-state index in [1.807, 2.05) is 11.6 Å². The maximum atomic E-state index is 15.4. The summed E-state index contributed by atoms with van der Waals surface area (Å²) in [6.45, 7) is 1.63. The lowest BCUT2D eigenvalue weighted by Gasteiger charge is -2.51. The molecule has 294 valence electrons. The summed E-state index contributed by atoms with van der Waals surface area (Å²) in [6, 6.07) is 5.40. The van der Waals surface area contributed by atoms with Gasteiger partial charge < -0.3 is 14.5 Å². The van der Waals surface area contributed by atoms with E-state index >= 15 is 4.79 Å². The number of unbranched alkanes of at least 4 members (excludes halogenated alkanes) is 1. The monoisotopic (exact) mass is 822 g/mol. The van der Waals surface area contributed by atoms with E-state index in [4.69, 9.17) is 16.3 Å². The first-order valence-corrected chi connectivity index (χ1v) is 20.2. The van der Waals surface area contributed by atoms with Crippen LogP contribution in [-0.4, -0.2) is 71.4 Å². The molecule has 54 heavy (non-hydrogen) atoms. The van der Waals surface area contributed by atoms with Crippen LogP contribution in [0.25, 0.3) is 0 Å². The van der Waals surface area contributed by atoms with E-state index in [0.29, 0.717) is 40.8 Å². The number of hydrogen-bond donors (Lipinski definition) is 1. The van der Waals surface area contributed by atoms with Gasteiger partial charge in [0.2, 0.25) is 21.5 Å². The predicted molar refractivity (Wildman–Crippen MR) is 187 cm³/mol. The normalized spacial score (nSPS) is 20.7. The standard InChI is InChI=1S/C35H37ClF6N4O6S2/c1-3-4-8-27-33(52-25-18-28(53-20-25)35(40,41)42,13-6-15-45(27)31(48)30-26(34(37,38)39)7-5-14-43-30)32(49)46-19-21-9-10-23(36)16-22(21)17-24(46)11-12-29(47)44-54(2,50)51/h5,7,9-10,14,16,18,20,24,27H,3-4,6,8,11-13,15,17,19H2,1-2H3,(H,44,47)/t24-,27+,33-/m0/s1. The van der Waals surface area contributed by atoms with Crippen molar-refractivity contribution in [3.63, 3.8) is 0 Å².